The van der Waals surface area contributed by atoms with Crippen LogP contribution in [0.4, 0.5) is 10.1 Å². The van der Waals surface area contributed by atoms with Gasteiger partial charge in [0.15, 0.2) is 17.3 Å². The third kappa shape index (κ3) is 2.79. The van der Waals surface area contributed by atoms with Gasteiger partial charge in [-0.05, 0) is 37.3 Å². The molecule has 22 heavy (non-hydrogen) atoms. The lowest BCUT2D eigenvalue weighted by Gasteiger charge is -2.05. The Kier molecular flexibility index (Phi) is 3.78. The van der Waals surface area contributed by atoms with Gasteiger partial charge in [-0.1, -0.05) is 6.07 Å². The maximum Gasteiger partial charge on any atom is 0.231 e. The molecule has 0 unspecified atom stereocenters. The molecule has 3 rings (SSSR count). The molecular formula is C17H14FNO3. The molecule has 0 atom stereocenters. The number of ketones is 1. The number of halogens is 1. The second-order valence-corrected chi connectivity index (χ2v) is 4.82. The highest BCUT2D eigenvalue weighted by Crippen LogP contribution is 2.32. The van der Waals surface area contributed by atoms with Gasteiger partial charge in [-0.2, -0.15) is 0 Å². The Morgan fingerprint density at radius 2 is 2.05 bits per heavy atom. The summed E-state index contributed by atoms with van der Waals surface area (Å²) in [5, 5.41) is 2.91. The SMILES string of the molecule is Cc1c(F)cccc1N/C=C/C(=O)c1ccc2c(c1)OCO2. The van der Waals surface area contributed by atoms with Crippen LogP contribution in [0.5, 0.6) is 11.5 Å². The van der Waals surface area contributed by atoms with Crippen molar-refractivity contribution in [3.8, 4) is 11.5 Å². The van der Waals surface area contributed by atoms with E-state index in [1.54, 1.807) is 37.3 Å². The van der Waals surface area contributed by atoms with Gasteiger partial charge in [0.2, 0.25) is 6.79 Å². The van der Waals surface area contributed by atoms with E-state index in [-0.39, 0.29) is 18.4 Å². The Bertz CT molecular complexity index is 756. The molecule has 1 N–H and O–H groups in total. The van der Waals surface area contributed by atoms with E-state index < -0.39 is 0 Å². The highest BCUT2D eigenvalue weighted by Gasteiger charge is 2.15. The van der Waals surface area contributed by atoms with Crippen molar-refractivity contribution >= 4 is 11.5 Å². The first-order valence-corrected chi connectivity index (χ1v) is 6.77. The number of benzene rings is 2. The summed E-state index contributed by atoms with van der Waals surface area (Å²) in [6.07, 6.45) is 2.89. The van der Waals surface area contributed by atoms with Crippen molar-refractivity contribution in [1.29, 1.82) is 0 Å². The molecule has 2 aromatic carbocycles. The first kappa shape index (κ1) is 14.1. The minimum absolute atomic E-state index is 0.170. The monoisotopic (exact) mass is 299 g/mol. The van der Waals surface area contributed by atoms with Crippen LogP contribution in [0.1, 0.15) is 15.9 Å². The van der Waals surface area contributed by atoms with Gasteiger partial charge >= 0.3 is 0 Å². The molecule has 0 fully saturated rings. The normalized spacial score (nSPS) is 12.6. The molecule has 4 nitrogen and oxygen atoms in total. The smallest absolute Gasteiger partial charge is 0.231 e. The van der Waals surface area contributed by atoms with Crippen LogP contribution < -0.4 is 14.8 Å². The minimum Gasteiger partial charge on any atom is -0.454 e. The molecule has 0 spiro atoms. The Balaban J connectivity index is 1.70. The lowest BCUT2D eigenvalue weighted by Crippen LogP contribution is -1.98. The summed E-state index contributed by atoms with van der Waals surface area (Å²) in [4.78, 5) is 12.1. The Labute approximate surface area is 127 Å². The molecule has 0 aromatic heterocycles. The number of carbonyl (C=O) groups is 1. The highest BCUT2D eigenvalue weighted by atomic mass is 19.1. The first-order valence-electron chi connectivity index (χ1n) is 6.77. The molecule has 0 aliphatic carbocycles. The van der Waals surface area contributed by atoms with Crippen molar-refractivity contribution in [1.82, 2.24) is 0 Å². The van der Waals surface area contributed by atoms with E-state index in [1.807, 2.05) is 0 Å². The summed E-state index contributed by atoms with van der Waals surface area (Å²) in [6, 6.07) is 9.76. The molecule has 0 saturated carbocycles. The quantitative estimate of drug-likeness (QED) is 0.691. The fourth-order valence-corrected chi connectivity index (χ4v) is 2.12. The van der Waals surface area contributed by atoms with Crippen molar-refractivity contribution < 1.29 is 18.7 Å². The molecular weight excluding hydrogens is 285 g/mol. The number of rotatable bonds is 4. The number of nitrogens with one attached hydrogen (secondary N) is 1. The van der Waals surface area contributed by atoms with E-state index in [1.165, 1.54) is 18.3 Å². The number of ether oxygens (including phenoxy) is 2. The number of fused-ring (bicyclic) bond motifs is 1. The molecule has 112 valence electrons. The van der Waals surface area contributed by atoms with Gasteiger partial charge in [-0.25, -0.2) is 4.39 Å². The first-order chi connectivity index (χ1) is 10.6. The van der Waals surface area contributed by atoms with Crippen molar-refractivity contribution in [3.63, 3.8) is 0 Å². The number of hydrogen-bond acceptors (Lipinski definition) is 4. The zero-order valence-electron chi connectivity index (χ0n) is 11.9. The standard InChI is InChI=1S/C17H14FNO3/c1-11-13(18)3-2-4-14(11)19-8-7-15(20)12-5-6-16-17(9-12)22-10-21-16/h2-9,19H,10H2,1H3/b8-7+. The third-order valence-corrected chi connectivity index (χ3v) is 3.40. The second kappa shape index (κ2) is 5.89. The maximum atomic E-state index is 13.4. The van der Waals surface area contributed by atoms with Crippen molar-refractivity contribution in [2.24, 2.45) is 0 Å². The van der Waals surface area contributed by atoms with Gasteiger partial charge < -0.3 is 14.8 Å². The van der Waals surface area contributed by atoms with Crippen LogP contribution in [0.25, 0.3) is 0 Å². The minimum atomic E-state index is -0.291. The van der Waals surface area contributed by atoms with E-state index in [4.69, 9.17) is 9.47 Å². The van der Waals surface area contributed by atoms with Crippen LogP contribution in [-0.2, 0) is 0 Å². The summed E-state index contributed by atoms with van der Waals surface area (Å²) in [6.45, 7) is 1.84. The molecule has 1 heterocycles. The summed E-state index contributed by atoms with van der Waals surface area (Å²) in [5.41, 5.74) is 1.62. The average Bonchev–Trinajstić information content (AvgIpc) is 2.98. The third-order valence-electron chi connectivity index (χ3n) is 3.40. The van der Waals surface area contributed by atoms with Crippen LogP contribution in [0.15, 0.2) is 48.7 Å². The van der Waals surface area contributed by atoms with E-state index in [2.05, 4.69) is 5.32 Å². The van der Waals surface area contributed by atoms with Crippen molar-refractivity contribution in [3.05, 3.63) is 65.6 Å². The van der Waals surface area contributed by atoms with E-state index in [0.717, 1.165) is 0 Å². The molecule has 0 saturated heterocycles. The van der Waals surface area contributed by atoms with Crippen molar-refractivity contribution in [2.75, 3.05) is 12.1 Å². The zero-order valence-corrected chi connectivity index (χ0v) is 11.9. The Morgan fingerprint density at radius 3 is 2.91 bits per heavy atom. The average molecular weight is 299 g/mol. The number of hydrogen-bond donors (Lipinski definition) is 1. The molecule has 0 radical (unpaired) electrons. The van der Waals surface area contributed by atoms with Crippen LogP contribution in [-0.4, -0.2) is 12.6 Å². The second-order valence-electron chi connectivity index (χ2n) is 4.82. The van der Waals surface area contributed by atoms with Gasteiger partial charge in [0.05, 0.1) is 0 Å². The fourth-order valence-electron chi connectivity index (χ4n) is 2.12. The van der Waals surface area contributed by atoms with Gasteiger partial charge in [0.25, 0.3) is 0 Å². The Morgan fingerprint density at radius 1 is 1.23 bits per heavy atom. The van der Waals surface area contributed by atoms with Gasteiger partial charge in [0, 0.05) is 29.1 Å². The van der Waals surface area contributed by atoms with E-state index >= 15 is 0 Å². The van der Waals surface area contributed by atoms with Gasteiger partial charge in [-0.3, -0.25) is 4.79 Å². The number of allylic oxidation sites excluding steroid dienone is 1. The molecule has 2 aromatic rings. The van der Waals surface area contributed by atoms with Gasteiger partial charge in [0.1, 0.15) is 5.82 Å². The predicted molar refractivity (Wildman–Crippen MR) is 80.8 cm³/mol. The van der Waals surface area contributed by atoms with E-state index in [9.17, 15) is 9.18 Å². The predicted octanol–water partition coefficient (Wildman–Crippen LogP) is 3.67. The molecule has 1 aliphatic rings. The van der Waals surface area contributed by atoms with Crippen LogP contribution in [0.2, 0.25) is 0 Å². The van der Waals surface area contributed by atoms with Crippen LogP contribution >= 0.6 is 0 Å². The summed E-state index contributed by atoms with van der Waals surface area (Å²) < 4.78 is 23.8. The molecule has 5 heteroatoms. The maximum absolute atomic E-state index is 13.4. The molecule has 1 aliphatic heterocycles. The fraction of sp³-hybridized carbons (Fsp3) is 0.118. The summed E-state index contributed by atoms with van der Waals surface area (Å²) in [7, 11) is 0. The largest absolute Gasteiger partial charge is 0.454 e. The van der Waals surface area contributed by atoms with Crippen LogP contribution in [0.3, 0.4) is 0 Å². The number of anilines is 1. The molecule has 0 bridgehead atoms. The summed E-state index contributed by atoms with van der Waals surface area (Å²) in [5.74, 6) is 0.725. The van der Waals surface area contributed by atoms with Crippen molar-refractivity contribution in [2.45, 2.75) is 6.92 Å². The highest BCUT2D eigenvalue weighted by molar-refractivity contribution is 6.05. The topological polar surface area (TPSA) is 47.6 Å². The lowest BCUT2D eigenvalue weighted by molar-refractivity contribution is 0.104. The zero-order chi connectivity index (χ0) is 15.5. The molecule has 0 amide bonds. The van der Waals surface area contributed by atoms with Crippen LogP contribution in [0, 0.1) is 12.7 Å². The van der Waals surface area contributed by atoms with E-state index in [0.29, 0.717) is 28.3 Å². The van der Waals surface area contributed by atoms with Gasteiger partial charge in [-0.15, -0.1) is 0 Å². The lowest BCUT2D eigenvalue weighted by atomic mass is 10.1. The summed E-state index contributed by atoms with van der Waals surface area (Å²) >= 11 is 0. The Hall–Kier alpha value is -2.82. The number of carbonyl (C=O) groups excluding carboxylic acids is 1.